The van der Waals surface area contributed by atoms with Gasteiger partial charge in [0, 0.05) is 22.1 Å². The largest absolute Gasteiger partial charge is 0.353 e. The lowest BCUT2D eigenvalue weighted by molar-refractivity contribution is -0.122. The summed E-state index contributed by atoms with van der Waals surface area (Å²) in [6.45, 7) is 10.4. The predicted molar refractivity (Wildman–Crippen MR) is 113 cm³/mol. The van der Waals surface area contributed by atoms with E-state index in [0.29, 0.717) is 23.7 Å². The van der Waals surface area contributed by atoms with Crippen LogP contribution >= 0.6 is 23.4 Å². The number of aryl methyl sites for hydroxylation is 1. The number of hydrogen-bond acceptors (Lipinski definition) is 4. The van der Waals surface area contributed by atoms with E-state index in [2.05, 4.69) is 26.1 Å². The van der Waals surface area contributed by atoms with Crippen LogP contribution in [-0.2, 0) is 14.8 Å². The van der Waals surface area contributed by atoms with Gasteiger partial charge in [-0.1, -0.05) is 45.4 Å². The number of amides is 1. The quantitative estimate of drug-likeness (QED) is 0.649. The molecule has 0 fully saturated rings. The molecule has 0 saturated carbocycles. The maximum absolute atomic E-state index is 12.7. The number of hydrogen-bond donors (Lipinski definition) is 1. The number of carbonyl (C=O) groups is 1. The second kappa shape index (κ2) is 9.33. The summed E-state index contributed by atoms with van der Waals surface area (Å²) in [7, 11) is -3.66. The molecule has 1 aromatic carbocycles. The van der Waals surface area contributed by atoms with E-state index in [4.69, 9.17) is 11.6 Å². The minimum Gasteiger partial charge on any atom is -0.353 e. The molecular weight excluding hydrogens is 392 g/mol. The van der Waals surface area contributed by atoms with Gasteiger partial charge in [-0.15, -0.1) is 0 Å². The molecular formula is C18H29ClN2O3S2. The molecule has 26 heavy (non-hydrogen) atoms. The fourth-order valence-electron chi connectivity index (χ4n) is 2.50. The van der Waals surface area contributed by atoms with Crippen LogP contribution in [0.25, 0.3) is 0 Å². The molecule has 1 atom stereocenters. The van der Waals surface area contributed by atoms with Gasteiger partial charge in [-0.25, -0.2) is 8.42 Å². The third-order valence-corrected chi connectivity index (χ3v) is 6.35. The van der Waals surface area contributed by atoms with Gasteiger partial charge in [0.2, 0.25) is 15.9 Å². The predicted octanol–water partition coefficient (Wildman–Crippen LogP) is 3.84. The molecule has 0 aliphatic carbocycles. The van der Waals surface area contributed by atoms with E-state index in [9.17, 15) is 13.2 Å². The molecule has 0 unspecified atom stereocenters. The molecule has 0 spiro atoms. The van der Waals surface area contributed by atoms with Crippen molar-refractivity contribution in [3.63, 3.8) is 0 Å². The fraction of sp³-hybridized carbons (Fsp3) is 0.611. The van der Waals surface area contributed by atoms with Crippen molar-refractivity contribution in [1.82, 2.24) is 5.32 Å². The van der Waals surface area contributed by atoms with Crippen molar-refractivity contribution in [2.75, 3.05) is 22.9 Å². The van der Waals surface area contributed by atoms with Crippen molar-refractivity contribution >= 4 is 45.0 Å². The number of halogens is 1. The van der Waals surface area contributed by atoms with Gasteiger partial charge in [-0.3, -0.25) is 9.10 Å². The van der Waals surface area contributed by atoms with E-state index < -0.39 is 16.1 Å². The van der Waals surface area contributed by atoms with E-state index in [1.165, 1.54) is 4.31 Å². The van der Waals surface area contributed by atoms with Crippen LogP contribution in [0.3, 0.4) is 0 Å². The smallest absolute Gasteiger partial charge is 0.243 e. The van der Waals surface area contributed by atoms with Gasteiger partial charge in [0.05, 0.1) is 11.9 Å². The van der Waals surface area contributed by atoms with Crippen LogP contribution in [0.2, 0.25) is 5.02 Å². The monoisotopic (exact) mass is 420 g/mol. The number of nitrogens with one attached hydrogen (secondary N) is 1. The highest BCUT2D eigenvalue weighted by Crippen LogP contribution is 2.29. The van der Waals surface area contributed by atoms with Crippen molar-refractivity contribution in [2.24, 2.45) is 0 Å². The van der Waals surface area contributed by atoms with Crippen LogP contribution in [0.5, 0.6) is 0 Å². The molecule has 1 amide bonds. The number of benzene rings is 1. The van der Waals surface area contributed by atoms with Crippen molar-refractivity contribution in [3.05, 3.63) is 28.8 Å². The second-order valence-electron chi connectivity index (χ2n) is 7.17. The zero-order chi connectivity index (χ0) is 20.1. The average Bonchev–Trinajstić information content (AvgIpc) is 2.49. The zero-order valence-corrected chi connectivity index (χ0v) is 18.7. The molecule has 1 aromatic rings. The van der Waals surface area contributed by atoms with Crippen molar-refractivity contribution < 1.29 is 13.2 Å². The summed E-state index contributed by atoms with van der Waals surface area (Å²) in [5.74, 6) is 0.465. The molecule has 0 bridgehead atoms. The lowest BCUT2D eigenvalue weighted by atomic mass is 10.1. The number of thioether (sulfide) groups is 1. The Labute approximate surface area is 166 Å². The lowest BCUT2D eigenvalue weighted by Gasteiger charge is -2.31. The molecule has 8 heteroatoms. The molecule has 0 aliphatic heterocycles. The molecule has 148 valence electrons. The molecule has 0 heterocycles. The topological polar surface area (TPSA) is 66.5 Å². The van der Waals surface area contributed by atoms with Crippen LogP contribution in [0, 0.1) is 6.92 Å². The van der Waals surface area contributed by atoms with Crippen LogP contribution in [0.15, 0.2) is 18.2 Å². The van der Waals surface area contributed by atoms with Crippen molar-refractivity contribution in [3.8, 4) is 0 Å². The first kappa shape index (κ1) is 23.1. The van der Waals surface area contributed by atoms with Crippen molar-refractivity contribution in [2.45, 2.75) is 51.8 Å². The van der Waals surface area contributed by atoms with E-state index in [1.54, 1.807) is 43.8 Å². The van der Waals surface area contributed by atoms with Crippen LogP contribution < -0.4 is 9.62 Å². The lowest BCUT2D eigenvalue weighted by Crippen LogP contribution is -2.50. The van der Waals surface area contributed by atoms with Gasteiger partial charge in [0.1, 0.15) is 6.04 Å². The summed E-state index contributed by atoms with van der Waals surface area (Å²) < 4.78 is 26.2. The molecule has 1 rings (SSSR count). The number of rotatable bonds is 8. The summed E-state index contributed by atoms with van der Waals surface area (Å²) in [6, 6.07) is 4.22. The van der Waals surface area contributed by atoms with E-state index in [1.807, 2.05) is 0 Å². The zero-order valence-electron chi connectivity index (χ0n) is 16.3. The molecule has 0 radical (unpaired) electrons. The highest BCUT2D eigenvalue weighted by molar-refractivity contribution is 8.00. The maximum atomic E-state index is 12.7. The maximum Gasteiger partial charge on any atom is 0.243 e. The standard InChI is InChI=1S/C18H29ClN2O3S2/c1-7-15(17(22)20-10-11-25-18(3,4)5)21(26(6,23)24)16-12-14(19)9-8-13(16)2/h8-9,12,15H,7,10-11H2,1-6H3,(H,20,22)/t15-/m0/s1. The Morgan fingerprint density at radius 2 is 1.96 bits per heavy atom. The first-order valence-electron chi connectivity index (χ1n) is 8.54. The third-order valence-electron chi connectivity index (χ3n) is 3.67. The Kier molecular flexibility index (Phi) is 8.30. The first-order chi connectivity index (χ1) is 11.9. The highest BCUT2D eigenvalue weighted by atomic mass is 35.5. The second-order valence-corrected chi connectivity index (χ2v) is 11.4. The summed E-state index contributed by atoms with van der Waals surface area (Å²) in [6.07, 6.45) is 1.47. The number of nitrogens with zero attached hydrogens (tertiary/aromatic N) is 1. The normalized spacial score (nSPS) is 13.3. The number of carbonyl (C=O) groups excluding carboxylic acids is 1. The Bertz CT molecular complexity index is 730. The van der Waals surface area contributed by atoms with E-state index >= 15 is 0 Å². The minimum atomic E-state index is -3.66. The Morgan fingerprint density at radius 3 is 2.46 bits per heavy atom. The van der Waals surface area contributed by atoms with Gasteiger partial charge >= 0.3 is 0 Å². The van der Waals surface area contributed by atoms with Gasteiger partial charge in [-0.2, -0.15) is 11.8 Å². The van der Waals surface area contributed by atoms with Gasteiger partial charge in [0.25, 0.3) is 0 Å². The van der Waals surface area contributed by atoms with Crippen LogP contribution in [-0.4, -0.2) is 43.7 Å². The molecule has 5 nitrogen and oxygen atoms in total. The molecule has 0 aromatic heterocycles. The number of sulfonamides is 1. The summed E-state index contributed by atoms with van der Waals surface area (Å²) in [4.78, 5) is 12.7. The molecule has 0 saturated heterocycles. The fourth-order valence-corrected chi connectivity index (χ4v) is 4.75. The highest BCUT2D eigenvalue weighted by Gasteiger charge is 2.32. The Morgan fingerprint density at radius 1 is 1.35 bits per heavy atom. The molecule has 0 aliphatic rings. The average molecular weight is 421 g/mol. The van der Waals surface area contributed by atoms with Gasteiger partial charge in [0.15, 0.2) is 0 Å². The first-order valence-corrected chi connectivity index (χ1v) is 11.7. The Balaban J connectivity index is 3.04. The van der Waals surface area contributed by atoms with E-state index in [0.717, 1.165) is 17.6 Å². The SMILES string of the molecule is CC[C@@H](C(=O)NCCSC(C)(C)C)N(c1cc(Cl)ccc1C)S(C)(=O)=O. The summed E-state index contributed by atoms with van der Waals surface area (Å²) >= 11 is 7.80. The summed E-state index contributed by atoms with van der Waals surface area (Å²) in [5.41, 5.74) is 1.18. The Hall–Kier alpha value is -0.920. The minimum absolute atomic E-state index is 0.117. The third kappa shape index (κ3) is 7.00. The van der Waals surface area contributed by atoms with Crippen LogP contribution in [0.4, 0.5) is 5.69 Å². The van der Waals surface area contributed by atoms with Gasteiger partial charge < -0.3 is 5.32 Å². The van der Waals surface area contributed by atoms with Crippen LogP contribution in [0.1, 0.15) is 39.7 Å². The van der Waals surface area contributed by atoms with Crippen molar-refractivity contribution in [1.29, 1.82) is 0 Å². The molecule has 1 N–H and O–H groups in total. The van der Waals surface area contributed by atoms with Gasteiger partial charge in [-0.05, 0) is 31.0 Å². The van der Waals surface area contributed by atoms with E-state index in [-0.39, 0.29) is 10.7 Å². The number of anilines is 1. The summed E-state index contributed by atoms with van der Waals surface area (Å²) in [5, 5.41) is 3.29.